The van der Waals surface area contributed by atoms with E-state index in [1.807, 2.05) is 19.1 Å². The van der Waals surface area contributed by atoms with Gasteiger partial charge in [-0.2, -0.15) is 0 Å². The maximum atomic E-state index is 5.68. The average molecular weight is 207 g/mol. The van der Waals surface area contributed by atoms with Crippen LogP contribution in [0.15, 0.2) is 18.3 Å². The number of nitrogens with zero attached hydrogens (tertiary/aromatic N) is 1. The highest BCUT2D eigenvalue weighted by molar-refractivity contribution is 5.18. The van der Waals surface area contributed by atoms with Crippen LogP contribution in [0.4, 0.5) is 0 Å². The third kappa shape index (κ3) is 3.20. The van der Waals surface area contributed by atoms with Crippen molar-refractivity contribution < 1.29 is 9.47 Å². The summed E-state index contributed by atoms with van der Waals surface area (Å²) in [6, 6.07) is 3.95. The van der Waals surface area contributed by atoms with E-state index in [1.165, 1.54) is 0 Å². The topological polar surface area (TPSA) is 31.4 Å². The number of ether oxygens (including phenoxy) is 2. The van der Waals surface area contributed by atoms with E-state index < -0.39 is 0 Å². The zero-order chi connectivity index (χ0) is 10.5. The zero-order valence-electron chi connectivity index (χ0n) is 9.11. The zero-order valence-corrected chi connectivity index (χ0v) is 9.11. The third-order valence-corrected chi connectivity index (χ3v) is 2.71. The molecule has 0 bridgehead atoms. The van der Waals surface area contributed by atoms with Crippen LogP contribution in [0.2, 0.25) is 0 Å². The second-order valence-electron chi connectivity index (χ2n) is 4.00. The Bertz CT molecular complexity index is 291. The first kappa shape index (κ1) is 10.4. The van der Waals surface area contributed by atoms with Gasteiger partial charge in [-0.3, -0.25) is 4.98 Å². The van der Waals surface area contributed by atoms with Gasteiger partial charge in [-0.25, -0.2) is 0 Å². The normalized spacial score (nSPS) is 17.7. The Hall–Kier alpha value is -1.09. The highest BCUT2D eigenvalue weighted by Crippen LogP contribution is 2.17. The van der Waals surface area contributed by atoms with Gasteiger partial charge in [-0.05, 0) is 37.8 Å². The van der Waals surface area contributed by atoms with Gasteiger partial charge in [0.1, 0.15) is 5.75 Å². The summed E-state index contributed by atoms with van der Waals surface area (Å²) < 4.78 is 11.0. The molecule has 15 heavy (non-hydrogen) atoms. The fourth-order valence-corrected chi connectivity index (χ4v) is 1.67. The molecule has 1 aliphatic rings. The molecule has 1 aromatic rings. The van der Waals surface area contributed by atoms with Crippen LogP contribution < -0.4 is 4.74 Å². The number of aromatic nitrogens is 1. The number of pyridine rings is 1. The molecular weight excluding hydrogens is 190 g/mol. The van der Waals surface area contributed by atoms with E-state index in [0.29, 0.717) is 5.92 Å². The average Bonchev–Trinajstić information content (AvgIpc) is 2.30. The molecule has 1 fully saturated rings. The molecule has 3 heteroatoms. The summed E-state index contributed by atoms with van der Waals surface area (Å²) in [5.41, 5.74) is 1.02. The summed E-state index contributed by atoms with van der Waals surface area (Å²) >= 11 is 0. The molecule has 0 N–H and O–H groups in total. The van der Waals surface area contributed by atoms with E-state index in [4.69, 9.17) is 9.47 Å². The van der Waals surface area contributed by atoms with E-state index in [9.17, 15) is 0 Å². The summed E-state index contributed by atoms with van der Waals surface area (Å²) in [6.45, 7) is 4.51. The summed E-state index contributed by atoms with van der Waals surface area (Å²) in [5.74, 6) is 1.51. The van der Waals surface area contributed by atoms with Crippen LogP contribution in [0.3, 0.4) is 0 Å². The molecule has 0 aliphatic carbocycles. The Labute approximate surface area is 90.4 Å². The summed E-state index contributed by atoms with van der Waals surface area (Å²) in [7, 11) is 0. The highest BCUT2D eigenvalue weighted by atomic mass is 16.5. The largest absolute Gasteiger partial charge is 0.492 e. The Morgan fingerprint density at radius 2 is 2.20 bits per heavy atom. The van der Waals surface area contributed by atoms with Gasteiger partial charge in [-0.15, -0.1) is 0 Å². The van der Waals surface area contributed by atoms with Crippen molar-refractivity contribution in [1.82, 2.24) is 4.98 Å². The van der Waals surface area contributed by atoms with Crippen molar-refractivity contribution in [2.45, 2.75) is 19.8 Å². The van der Waals surface area contributed by atoms with Gasteiger partial charge in [0.25, 0.3) is 0 Å². The van der Waals surface area contributed by atoms with E-state index in [-0.39, 0.29) is 0 Å². The Balaban J connectivity index is 1.79. The van der Waals surface area contributed by atoms with Crippen LogP contribution in [0.5, 0.6) is 5.75 Å². The molecule has 0 aromatic carbocycles. The van der Waals surface area contributed by atoms with Crippen molar-refractivity contribution in [2.75, 3.05) is 19.8 Å². The fourth-order valence-electron chi connectivity index (χ4n) is 1.67. The predicted octanol–water partition coefficient (Wildman–Crippen LogP) is 2.20. The van der Waals surface area contributed by atoms with Crippen LogP contribution in [0, 0.1) is 12.8 Å². The maximum Gasteiger partial charge on any atom is 0.137 e. The SMILES string of the molecule is Cc1ccc(OCC2CCOCC2)cn1. The highest BCUT2D eigenvalue weighted by Gasteiger charge is 2.14. The molecule has 0 atom stereocenters. The summed E-state index contributed by atoms with van der Waals surface area (Å²) in [4.78, 5) is 4.19. The van der Waals surface area contributed by atoms with Crippen LogP contribution in [-0.4, -0.2) is 24.8 Å². The first-order valence-electron chi connectivity index (χ1n) is 5.48. The van der Waals surface area contributed by atoms with Gasteiger partial charge in [0.2, 0.25) is 0 Å². The molecular formula is C12H17NO2. The number of rotatable bonds is 3. The number of aryl methyl sites for hydroxylation is 1. The molecule has 82 valence electrons. The summed E-state index contributed by atoms with van der Waals surface area (Å²) in [6.07, 6.45) is 4.01. The molecule has 1 aliphatic heterocycles. The lowest BCUT2D eigenvalue weighted by atomic mass is 10.0. The van der Waals surface area contributed by atoms with E-state index >= 15 is 0 Å². The molecule has 0 unspecified atom stereocenters. The second-order valence-corrected chi connectivity index (χ2v) is 4.00. The molecule has 0 radical (unpaired) electrons. The van der Waals surface area contributed by atoms with Crippen LogP contribution in [0.1, 0.15) is 18.5 Å². The van der Waals surface area contributed by atoms with Crippen molar-refractivity contribution in [2.24, 2.45) is 5.92 Å². The first-order valence-corrected chi connectivity index (χ1v) is 5.48. The number of hydrogen-bond donors (Lipinski definition) is 0. The Morgan fingerprint density at radius 1 is 1.40 bits per heavy atom. The molecule has 3 nitrogen and oxygen atoms in total. The second kappa shape index (κ2) is 5.12. The Kier molecular flexibility index (Phi) is 3.56. The van der Waals surface area contributed by atoms with Gasteiger partial charge in [-0.1, -0.05) is 0 Å². The van der Waals surface area contributed by atoms with Gasteiger partial charge in [0.05, 0.1) is 12.8 Å². The summed E-state index contributed by atoms with van der Waals surface area (Å²) in [5, 5.41) is 0. The minimum atomic E-state index is 0.639. The smallest absolute Gasteiger partial charge is 0.137 e. The van der Waals surface area contributed by atoms with E-state index in [0.717, 1.165) is 44.1 Å². The lowest BCUT2D eigenvalue weighted by Crippen LogP contribution is -2.21. The minimum absolute atomic E-state index is 0.639. The van der Waals surface area contributed by atoms with Crippen molar-refractivity contribution in [3.05, 3.63) is 24.0 Å². The van der Waals surface area contributed by atoms with Crippen molar-refractivity contribution in [3.8, 4) is 5.75 Å². The molecule has 2 rings (SSSR count). The molecule has 1 saturated heterocycles. The van der Waals surface area contributed by atoms with Gasteiger partial charge in [0.15, 0.2) is 0 Å². The van der Waals surface area contributed by atoms with Crippen molar-refractivity contribution in [3.63, 3.8) is 0 Å². The van der Waals surface area contributed by atoms with Crippen LogP contribution in [0.25, 0.3) is 0 Å². The van der Waals surface area contributed by atoms with Crippen molar-refractivity contribution in [1.29, 1.82) is 0 Å². The fraction of sp³-hybridized carbons (Fsp3) is 0.583. The van der Waals surface area contributed by atoms with Gasteiger partial charge < -0.3 is 9.47 Å². The van der Waals surface area contributed by atoms with Crippen molar-refractivity contribution >= 4 is 0 Å². The lowest BCUT2D eigenvalue weighted by molar-refractivity contribution is 0.0497. The molecule has 0 spiro atoms. The monoisotopic (exact) mass is 207 g/mol. The maximum absolute atomic E-state index is 5.68. The van der Waals surface area contributed by atoms with Crippen LogP contribution in [-0.2, 0) is 4.74 Å². The van der Waals surface area contributed by atoms with Gasteiger partial charge >= 0.3 is 0 Å². The molecule has 0 amide bonds. The standard InChI is InChI=1S/C12H17NO2/c1-10-2-3-12(8-13-10)15-9-11-4-6-14-7-5-11/h2-3,8,11H,4-7,9H2,1H3. The van der Waals surface area contributed by atoms with E-state index in [2.05, 4.69) is 4.98 Å². The lowest BCUT2D eigenvalue weighted by Gasteiger charge is -2.21. The third-order valence-electron chi connectivity index (χ3n) is 2.71. The molecule has 2 heterocycles. The first-order chi connectivity index (χ1) is 7.34. The minimum Gasteiger partial charge on any atom is -0.492 e. The molecule has 0 saturated carbocycles. The number of hydrogen-bond acceptors (Lipinski definition) is 3. The predicted molar refractivity (Wildman–Crippen MR) is 58.0 cm³/mol. The quantitative estimate of drug-likeness (QED) is 0.761. The van der Waals surface area contributed by atoms with Gasteiger partial charge in [0, 0.05) is 18.9 Å². The van der Waals surface area contributed by atoms with E-state index in [1.54, 1.807) is 6.20 Å². The van der Waals surface area contributed by atoms with Crippen LogP contribution >= 0.6 is 0 Å². The Morgan fingerprint density at radius 3 is 2.87 bits per heavy atom. The molecule has 1 aromatic heterocycles.